The van der Waals surface area contributed by atoms with E-state index in [9.17, 15) is 4.79 Å². The number of amides is 1. The van der Waals surface area contributed by atoms with E-state index in [2.05, 4.69) is 53.3 Å². The lowest BCUT2D eigenvalue weighted by atomic mass is 9.94. The minimum Gasteiger partial charge on any atom is -0.350 e. The quantitative estimate of drug-likeness (QED) is 0.744. The summed E-state index contributed by atoms with van der Waals surface area (Å²) < 4.78 is 1.92. The summed E-state index contributed by atoms with van der Waals surface area (Å²) in [6, 6.07) is 16.2. The molecule has 0 radical (unpaired) electrons. The molecule has 2 aromatic carbocycles. The number of nitrogens with zero attached hydrogens (tertiary/aromatic N) is 3. The summed E-state index contributed by atoms with van der Waals surface area (Å²) in [5.41, 5.74) is 4.38. The van der Waals surface area contributed by atoms with Crippen LogP contribution in [0, 0.1) is 0 Å². The van der Waals surface area contributed by atoms with Crippen molar-refractivity contribution < 1.29 is 4.79 Å². The van der Waals surface area contributed by atoms with E-state index in [0.29, 0.717) is 12.1 Å². The number of fused-ring (bicyclic) bond motifs is 1. The number of nitrogens with one attached hydrogen (secondary N) is 1. The number of hydrogen-bond acceptors (Lipinski definition) is 3. The number of imidazole rings is 1. The number of aromatic nitrogens is 2. The highest BCUT2D eigenvalue weighted by molar-refractivity contribution is 5.94. The Morgan fingerprint density at radius 1 is 1.11 bits per heavy atom. The summed E-state index contributed by atoms with van der Waals surface area (Å²) in [6.45, 7) is 6.95. The van der Waals surface area contributed by atoms with Crippen LogP contribution in [0.4, 0.5) is 0 Å². The van der Waals surface area contributed by atoms with E-state index < -0.39 is 0 Å². The average molecular weight is 374 g/mol. The summed E-state index contributed by atoms with van der Waals surface area (Å²) in [7, 11) is 0. The monoisotopic (exact) mass is 374 g/mol. The van der Waals surface area contributed by atoms with Gasteiger partial charge in [-0.25, -0.2) is 4.98 Å². The van der Waals surface area contributed by atoms with E-state index in [-0.39, 0.29) is 11.4 Å². The molecule has 0 bridgehead atoms. The maximum Gasteiger partial charge on any atom is 0.251 e. The molecule has 144 valence electrons. The van der Waals surface area contributed by atoms with Crippen LogP contribution < -0.4 is 5.32 Å². The fourth-order valence-electron chi connectivity index (χ4n) is 3.72. The van der Waals surface area contributed by atoms with Crippen molar-refractivity contribution in [2.45, 2.75) is 32.4 Å². The van der Waals surface area contributed by atoms with Gasteiger partial charge in [0.25, 0.3) is 5.91 Å². The molecule has 1 amide bonds. The average Bonchev–Trinajstić information content (AvgIpc) is 3.27. The van der Waals surface area contributed by atoms with Gasteiger partial charge in [0.15, 0.2) is 0 Å². The lowest BCUT2D eigenvalue weighted by Gasteiger charge is -2.41. The second-order valence-corrected chi connectivity index (χ2v) is 7.95. The van der Waals surface area contributed by atoms with Crippen LogP contribution in [-0.4, -0.2) is 39.0 Å². The summed E-state index contributed by atoms with van der Waals surface area (Å²) in [6.07, 6.45) is 6.42. The third-order valence-corrected chi connectivity index (χ3v) is 5.60. The second-order valence-electron chi connectivity index (χ2n) is 7.95. The van der Waals surface area contributed by atoms with Gasteiger partial charge >= 0.3 is 0 Å². The molecule has 4 rings (SSSR count). The number of rotatable bonds is 5. The second kappa shape index (κ2) is 7.60. The Balaban J connectivity index is 1.37. The Hall–Kier alpha value is -2.92. The first-order chi connectivity index (χ1) is 13.5. The van der Waals surface area contributed by atoms with Gasteiger partial charge in [-0.1, -0.05) is 24.3 Å². The van der Waals surface area contributed by atoms with Crippen LogP contribution in [0.1, 0.15) is 35.3 Å². The van der Waals surface area contributed by atoms with Crippen molar-refractivity contribution in [3.8, 4) is 5.69 Å². The number of benzene rings is 2. The topological polar surface area (TPSA) is 50.2 Å². The molecule has 0 unspecified atom stereocenters. The molecule has 0 spiro atoms. The Kier molecular flexibility index (Phi) is 5.01. The van der Waals surface area contributed by atoms with E-state index in [4.69, 9.17) is 0 Å². The van der Waals surface area contributed by atoms with Gasteiger partial charge in [-0.3, -0.25) is 9.69 Å². The van der Waals surface area contributed by atoms with Gasteiger partial charge in [0, 0.05) is 48.8 Å². The molecule has 1 aliphatic rings. The molecule has 0 aliphatic carbocycles. The molecule has 0 atom stereocenters. The van der Waals surface area contributed by atoms with Crippen LogP contribution in [0.5, 0.6) is 0 Å². The Bertz CT molecular complexity index is 945. The van der Waals surface area contributed by atoms with Gasteiger partial charge in [-0.05, 0) is 55.7 Å². The van der Waals surface area contributed by atoms with E-state index in [1.807, 2.05) is 35.0 Å². The van der Waals surface area contributed by atoms with Crippen LogP contribution in [0.15, 0.2) is 67.3 Å². The molecule has 5 heteroatoms. The Morgan fingerprint density at radius 3 is 2.57 bits per heavy atom. The molecule has 28 heavy (non-hydrogen) atoms. The molecule has 1 aromatic heterocycles. The van der Waals surface area contributed by atoms with Gasteiger partial charge in [-0.15, -0.1) is 0 Å². The van der Waals surface area contributed by atoms with Crippen molar-refractivity contribution in [1.82, 2.24) is 19.8 Å². The summed E-state index contributed by atoms with van der Waals surface area (Å²) in [5.74, 6) is -0.0392. The van der Waals surface area contributed by atoms with E-state index >= 15 is 0 Å². The van der Waals surface area contributed by atoms with Crippen molar-refractivity contribution in [2.24, 2.45) is 0 Å². The van der Waals surface area contributed by atoms with E-state index in [0.717, 1.165) is 25.2 Å². The summed E-state index contributed by atoms with van der Waals surface area (Å²) in [5, 5.41) is 3.11. The molecule has 3 aromatic rings. The molecule has 1 N–H and O–H groups in total. The highest BCUT2D eigenvalue weighted by Gasteiger charge is 2.30. The lowest BCUT2D eigenvalue weighted by Crippen LogP contribution is -2.53. The molecular formula is C23H26N4O. The fourth-order valence-corrected chi connectivity index (χ4v) is 3.72. The Morgan fingerprint density at radius 2 is 1.86 bits per heavy atom. The Labute approximate surface area is 166 Å². The van der Waals surface area contributed by atoms with Gasteiger partial charge in [0.1, 0.15) is 0 Å². The predicted molar refractivity (Wildman–Crippen MR) is 111 cm³/mol. The number of hydrogen-bond donors (Lipinski definition) is 1. The zero-order chi connectivity index (χ0) is 19.6. The van der Waals surface area contributed by atoms with Crippen LogP contribution in [0.3, 0.4) is 0 Å². The van der Waals surface area contributed by atoms with Crippen LogP contribution >= 0.6 is 0 Å². The van der Waals surface area contributed by atoms with Crippen LogP contribution in [0.25, 0.3) is 5.69 Å². The minimum atomic E-state index is -0.111. The van der Waals surface area contributed by atoms with Crippen LogP contribution in [0.2, 0.25) is 0 Å². The lowest BCUT2D eigenvalue weighted by molar-refractivity contribution is 0.0826. The first-order valence-corrected chi connectivity index (χ1v) is 9.71. The molecule has 0 saturated heterocycles. The van der Waals surface area contributed by atoms with Crippen LogP contribution in [-0.2, 0) is 13.0 Å². The van der Waals surface area contributed by atoms with E-state index in [1.54, 1.807) is 12.5 Å². The van der Waals surface area contributed by atoms with Crippen molar-refractivity contribution in [3.63, 3.8) is 0 Å². The molecule has 5 nitrogen and oxygen atoms in total. The number of carbonyl (C=O) groups is 1. The maximum atomic E-state index is 12.6. The largest absolute Gasteiger partial charge is 0.350 e. The van der Waals surface area contributed by atoms with Crippen molar-refractivity contribution in [3.05, 3.63) is 83.9 Å². The highest BCUT2D eigenvalue weighted by Crippen LogP contribution is 2.25. The smallest absolute Gasteiger partial charge is 0.251 e. The normalized spacial score (nSPS) is 14.5. The van der Waals surface area contributed by atoms with Crippen molar-refractivity contribution >= 4 is 5.91 Å². The molecular weight excluding hydrogens is 348 g/mol. The van der Waals surface area contributed by atoms with Crippen molar-refractivity contribution in [2.75, 3.05) is 13.1 Å². The molecule has 0 saturated carbocycles. The zero-order valence-corrected chi connectivity index (χ0v) is 16.4. The minimum absolute atomic E-state index is 0.0392. The van der Waals surface area contributed by atoms with Gasteiger partial charge in [0.05, 0.1) is 6.33 Å². The molecule has 0 fully saturated rings. The maximum absolute atomic E-state index is 12.6. The predicted octanol–water partition coefficient (Wildman–Crippen LogP) is 3.44. The van der Waals surface area contributed by atoms with E-state index in [1.165, 1.54) is 11.1 Å². The van der Waals surface area contributed by atoms with Gasteiger partial charge < -0.3 is 9.88 Å². The number of carbonyl (C=O) groups excluding carboxylic acids is 1. The van der Waals surface area contributed by atoms with Gasteiger partial charge in [-0.2, -0.15) is 0 Å². The summed E-state index contributed by atoms with van der Waals surface area (Å²) >= 11 is 0. The fraction of sp³-hybridized carbons (Fsp3) is 0.304. The molecule has 2 heterocycles. The first kappa shape index (κ1) is 18.4. The zero-order valence-electron chi connectivity index (χ0n) is 16.4. The third kappa shape index (κ3) is 3.85. The van der Waals surface area contributed by atoms with Gasteiger partial charge in [0.2, 0.25) is 0 Å². The molecule has 1 aliphatic heterocycles. The highest BCUT2D eigenvalue weighted by atomic mass is 16.1. The first-order valence-electron chi connectivity index (χ1n) is 9.71. The third-order valence-electron chi connectivity index (χ3n) is 5.60. The van der Waals surface area contributed by atoms with Crippen molar-refractivity contribution in [1.29, 1.82) is 0 Å². The summed E-state index contributed by atoms with van der Waals surface area (Å²) in [4.78, 5) is 19.1. The standard InChI is InChI=1S/C23H26N4O/c1-23(2,27-13-11-18-5-3-4-6-20(18)15-27)16-25-22(28)19-7-9-21(10-8-19)26-14-12-24-17-26/h3-10,12,14,17H,11,13,15-16H2,1-2H3,(H,25,28). The SMILES string of the molecule is CC(C)(CNC(=O)c1ccc(-n2ccnc2)cc1)N1CCc2ccccc2C1.